The van der Waals surface area contributed by atoms with Crippen LogP contribution in [0.5, 0.6) is 0 Å². The lowest BCUT2D eigenvalue weighted by molar-refractivity contribution is 0.0683. The van der Waals surface area contributed by atoms with Crippen LogP contribution in [0, 0.1) is 0 Å². The molecule has 1 fully saturated rings. The highest BCUT2D eigenvalue weighted by Crippen LogP contribution is 2.12. The predicted octanol–water partition coefficient (Wildman–Crippen LogP) is -0.699. The first-order valence-electron chi connectivity index (χ1n) is 4.69. The molecule has 7 heteroatoms. The van der Waals surface area contributed by atoms with Gasteiger partial charge in [0.1, 0.15) is 5.69 Å². The van der Waals surface area contributed by atoms with Crippen LogP contribution in [0.2, 0.25) is 0 Å². The zero-order valence-corrected chi connectivity index (χ0v) is 8.09. The molecule has 3 N–H and O–H groups in total. The highest BCUT2D eigenvalue weighted by atomic mass is 16.6. The van der Waals surface area contributed by atoms with E-state index in [2.05, 4.69) is 14.9 Å². The van der Waals surface area contributed by atoms with Crippen LogP contribution in [0.4, 0.5) is 0 Å². The quantitative estimate of drug-likeness (QED) is 0.682. The number of hydrogen-bond donors (Lipinski definition) is 2. The van der Waals surface area contributed by atoms with Gasteiger partial charge in [-0.25, -0.2) is 9.42 Å². The summed E-state index contributed by atoms with van der Waals surface area (Å²) >= 11 is 0. The fraction of sp³-hybridized carbons (Fsp3) is 0.625. The number of nitrogens with two attached hydrogens (primary N) is 1. The Hall–Kier alpha value is -1.47. The average molecular weight is 212 g/mol. The van der Waals surface area contributed by atoms with Crippen molar-refractivity contribution in [2.75, 3.05) is 13.1 Å². The molecule has 2 heterocycles. The maximum atomic E-state index is 10.7. The van der Waals surface area contributed by atoms with Crippen molar-refractivity contribution >= 4 is 5.97 Å². The summed E-state index contributed by atoms with van der Waals surface area (Å²) in [4.78, 5) is 12.8. The Balaban J connectivity index is 2.04. The molecule has 0 aromatic carbocycles. The van der Waals surface area contributed by atoms with Gasteiger partial charge in [0.25, 0.3) is 0 Å². The van der Waals surface area contributed by atoms with Crippen LogP contribution < -0.4 is 5.73 Å². The van der Waals surface area contributed by atoms with Crippen molar-refractivity contribution in [1.29, 1.82) is 0 Å². The molecule has 0 aliphatic carbocycles. The van der Waals surface area contributed by atoms with Gasteiger partial charge in [0, 0.05) is 25.7 Å². The minimum absolute atomic E-state index is 0.115. The molecule has 1 atom stereocenters. The van der Waals surface area contributed by atoms with Crippen molar-refractivity contribution in [3.8, 4) is 0 Å². The first-order chi connectivity index (χ1) is 7.16. The zero-order chi connectivity index (χ0) is 10.8. The minimum Gasteiger partial charge on any atom is -0.476 e. The van der Waals surface area contributed by atoms with E-state index in [-0.39, 0.29) is 11.7 Å². The summed E-state index contributed by atoms with van der Waals surface area (Å²) < 4.78 is 4.41. The van der Waals surface area contributed by atoms with Crippen molar-refractivity contribution in [1.82, 2.24) is 15.2 Å². The normalized spacial score (nSPS) is 22.1. The van der Waals surface area contributed by atoms with Crippen LogP contribution in [0.25, 0.3) is 0 Å². The summed E-state index contributed by atoms with van der Waals surface area (Å²) in [6.45, 7) is 2.04. The van der Waals surface area contributed by atoms with Gasteiger partial charge in [-0.3, -0.25) is 4.90 Å². The van der Waals surface area contributed by atoms with E-state index < -0.39 is 5.97 Å². The van der Waals surface area contributed by atoms with Crippen molar-refractivity contribution in [2.24, 2.45) is 5.73 Å². The van der Waals surface area contributed by atoms with Crippen LogP contribution in [-0.2, 0) is 6.54 Å². The number of aromatic carboxylic acids is 1. The van der Waals surface area contributed by atoms with Gasteiger partial charge in [-0.1, -0.05) is 5.16 Å². The van der Waals surface area contributed by atoms with E-state index in [4.69, 9.17) is 10.8 Å². The predicted molar refractivity (Wildman–Crippen MR) is 49.1 cm³/mol. The SMILES string of the molecule is NC1CCN(Cc2nonc2C(=O)O)C1. The fourth-order valence-corrected chi connectivity index (χ4v) is 1.69. The molecular weight excluding hydrogens is 200 g/mol. The van der Waals surface area contributed by atoms with Gasteiger partial charge < -0.3 is 10.8 Å². The van der Waals surface area contributed by atoms with Gasteiger partial charge in [-0.2, -0.15) is 0 Å². The van der Waals surface area contributed by atoms with Crippen LogP contribution in [0.1, 0.15) is 22.6 Å². The molecule has 0 saturated carbocycles. The molecule has 1 aromatic rings. The van der Waals surface area contributed by atoms with Gasteiger partial charge in [-0.05, 0) is 11.6 Å². The Bertz CT molecular complexity index is 365. The maximum absolute atomic E-state index is 10.7. The van der Waals surface area contributed by atoms with E-state index in [1.807, 2.05) is 4.90 Å². The summed E-state index contributed by atoms with van der Waals surface area (Å²) in [7, 11) is 0. The molecule has 1 aliphatic heterocycles. The topological polar surface area (TPSA) is 105 Å². The second-order valence-electron chi connectivity index (χ2n) is 3.65. The van der Waals surface area contributed by atoms with Gasteiger partial charge in [-0.15, -0.1) is 0 Å². The molecule has 0 spiro atoms. The van der Waals surface area contributed by atoms with E-state index in [1.54, 1.807) is 0 Å². The lowest BCUT2D eigenvalue weighted by Crippen LogP contribution is -2.26. The number of hydrogen-bond acceptors (Lipinski definition) is 6. The van der Waals surface area contributed by atoms with E-state index in [1.165, 1.54) is 0 Å². The van der Waals surface area contributed by atoms with Gasteiger partial charge >= 0.3 is 5.97 Å². The van der Waals surface area contributed by atoms with Crippen molar-refractivity contribution in [3.63, 3.8) is 0 Å². The van der Waals surface area contributed by atoms with Crippen molar-refractivity contribution in [2.45, 2.75) is 19.0 Å². The lowest BCUT2D eigenvalue weighted by atomic mass is 10.3. The summed E-state index contributed by atoms with van der Waals surface area (Å²) in [6, 6.07) is 0.165. The number of rotatable bonds is 3. The zero-order valence-electron chi connectivity index (χ0n) is 8.09. The molecular formula is C8H12N4O3. The first kappa shape index (κ1) is 10.1. The Morgan fingerprint density at radius 1 is 1.67 bits per heavy atom. The monoisotopic (exact) mass is 212 g/mol. The van der Waals surface area contributed by atoms with Crippen molar-refractivity contribution < 1.29 is 14.5 Å². The maximum Gasteiger partial charge on any atom is 0.360 e. The third-order valence-electron chi connectivity index (χ3n) is 2.44. The molecule has 1 saturated heterocycles. The largest absolute Gasteiger partial charge is 0.476 e. The number of carboxylic acids is 1. The smallest absolute Gasteiger partial charge is 0.360 e. The summed E-state index contributed by atoms with van der Waals surface area (Å²) in [5.41, 5.74) is 5.98. The fourth-order valence-electron chi connectivity index (χ4n) is 1.69. The van der Waals surface area contributed by atoms with Gasteiger partial charge in [0.05, 0.1) is 0 Å². The molecule has 0 radical (unpaired) electrons. The third kappa shape index (κ3) is 2.13. The van der Waals surface area contributed by atoms with Crippen LogP contribution >= 0.6 is 0 Å². The highest BCUT2D eigenvalue weighted by molar-refractivity contribution is 5.86. The molecule has 1 aromatic heterocycles. The van der Waals surface area contributed by atoms with Crippen LogP contribution in [0.3, 0.4) is 0 Å². The molecule has 7 nitrogen and oxygen atoms in total. The molecule has 2 rings (SSSR count). The number of likely N-dealkylation sites (tertiary alicyclic amines) is 1. The van der Waals surface area contributed by atoms with E-state index >= 15 is 0 Å². The van der Waals surface area contributed by atoms with E-state index in [0.29, 0.717) is 12.2 Å². The number of carbonyl (C=O) groups is 1. The Morgan fingerprint density at radius 3 is 3.07 bits per heavy atom. The number of carboxylic acid groups (broad SMARTS) is 1. The lowest BCUT2D eigenvalue weighted by Gasteiger charge is -2.12. The molecule has 15 heavy (non-hydrogen) atoms. The summed E-state index contributed by atoms with van der Waals surface area (Å²) in [5.74, 6) is -1.12. The Morgan fingerprint density at radius 2 is 2.47 bits per heavy atom. The van der Waals surface area contributed by atoms with E-state index in [0.717, 1.165) is 19.5 Å². The summed E-state index contributed by atoms with van der Waals surface area (Å²) in [5, 5.41) is 15.7. The minimum atomic E-state index is -1.12. The standard InChI is InChI=1S/C8H12N4O3/c9-5-1-2-12(3-5)4-6-7(8(13)14)11-15-10-6/h5H,1-4,9H2,(H,13,14). The van der Waals surface area contributed by atoms with Gasteiger partial charge in [0.15, 0.2) is 0 Å². The average Bonchev–Trinajstić information content (AvgIpc) is 2.75. The summed E-state index contributed by atoms with van der Waals surface area (Å²) in [6.07, 6.45) is 0.924. The van der Waals surface area contributed by atoms with E-state index in [9.17, 15) is 4.79 Å². The van der Waals surface area contributed by atoms with Crippen molar-refractivity contribution in [3.05, 3.63) is 11.4 Å². The molecule has 1 aliphatic rings. The van der Waals surface area contributed by atoms with Gasteiger partial charge in [0.2, 0.25) is 5.69 Å². The second kappa shape index (κ2) is 3.95. The first-order valence-corrected chi connectivity index (χ1v) is 4.69. The number of nitrogens with zero attached hydrogens (tertiary/aromatic N) is 3. The molecule has 1 unspecified atom stereocenters. The molecule has 0 amide bonds. The molecule has 0 bridgehead atoms. The second-order valence-corrected chi connectivity index (χ2v) is 3.65. The third-order valence-corrected chi connectivity index (χ3v) is 2.44. The molecule has 82 valence electrons. The Labute approximate surface area is 85.8 Å². The van der Waals surface area contributed by atoms with Crippen LogP contribution in [-0.4, -0.2) is 45.4 Å². The Kier molecular flexibility index (Phi) is 2.65. The van der Waals surface area contributed by atoms with Crippen LogP contribution in [0.15, 0.2) is 4.63 Å². The number of aromatic nitrogens is 2. The highest BCUT2D eigenvalue weighted by Gasteiger charge is 2.24.